The molecule has 0 radical (unpaired) electrons. The van der Waals surface area contributed by atoms with E-state index in [2.05, 4.69) is 170 Å². The molecule has 0 spiro atoms. The molecule has 48 heavy (non-hydrogen) atoms. The Bertz CT molecular complexity index is 2380. The van der Waals surface area contributed by atoms with Gasteiger partial charge in [-0.25, -0.2) is 4.98 Å². The molecule has 0 aliphatic carbocycles. The second-order valence-corrected chi connectivity index (χ2v) is 14.6. The summed E-state index contributed by atoms with van der Waals surface area (Å²) in [5, 5.41) is 2.37. The molecular formula is C43H38N4O. The van der Waals surface area contributed by atoms with Gasteiger partial charge < -0.3 is 14.5 Å². The maximum atomic E-state index is 6.72. The molecule has 0 amide bonds. The van der Waals surface area contributed by atoms with E-state index in [1.807, 2.05) is 6.20 Å². The van der Waals surface area contributed by atoms with Crippen LogP contribution in [0.15, 0.2) is 128 Å². The van der Waals surface area contributed by atoms with Gasteiger partial charge >= 0.3 is 0 Å². The molecule has 0 atom stereocenters. The number of anilines is 4. The number of ether oxygens (including phenoxy) is 1. The highest BCUT2D eigenvalue weighted by atomic mass is 16.5. The summed E-state index contributed by atoms with van der Waals surface area (Å²) in [5.74, 6) is 2.52. The molecule has 0 saturated carbocycles. The number of rotatable bonds is 4. The van der Waals surface area contributed by atoms with Crippen molar-refractivity contribution in [2.75, 3.05) is 16.5 Å². The van der Waals surface area contributed by atoms with Crippen molar-refractivity contribution >= 4 is 44.6 Å². The zero-order valence-corrected chi connectivity index (χ0v) is 28.0. The van der Waals surface area contributed by atoms with Gasteiger partial charge in [0.25, 0.3) is 0 Å². The number of pyridine rings is 1. The van der Waals surface area contributed by atoms with Crippen LogP contribution in [0.4, 0.5) is 22.7 Å². The molecule has 5 nitrogen and oxygen atoms in total. The van der Waals surface area contributed by atoms with Crippen LogP contribution in [0.25, 0.3) is 27.6 Å². The second-order valence-electron chi connectivity index (χ2n) is 14.6. The van der Waals surface area contributed by atoms with Gasteiger partial charge in [0.1, 0.15) is 24.0 Å². The SMILES string of the molecule is CC(C)(C)c1ccnc(-n2c3ccccc3c3ccc(Oc4ccc5c(c4)N4CN(c6ccccc6)c6cccc(c64)C5(C)C)cc32)c1. The summed E-state index contributed by atoms with van der Waals surface area (Å²) in [6.45, 7) is 12.1. The lowest BCUT2D eigenvalue weighted by molar-refractivity contribution is 0.482. The number of hydrogen-bond acceptors (Lipinski definition) is 4. The monoisotopic (exact) mass is 626 g/mol. The topological polar surface area (TPSA) is 33.5 Å². The normalized spacial score (nSPS) is 14.8. The van der Waals surface area contributed by atoms with E-state index in [1.165, 1.54) is 50.2 Å². The maximum absolute atomic E-state index is 6.72. The predicted molar refractivity (Wildman–Crippen MR) is 198 cm³/mol. The Morgan fingerprint density at radius 3 is 2.23 bits per heavy atom. The van der Waals surface area contributed by atoms with Gasteiger partial charge in [0.2, 0.25) is 0 Å². The molecule has 0 unspecified atom stereocenters. The molecule has 4 heterocycles. The van der Waals surface area contributed by atoms with Crippen molar-refractivity contribution in [3.8, 4) is 17.3 Å². The van der Waals surface area contributed by atoms with E-state index in [-0.39, 0.29) is 10.8 Å². The van der Waals surface area contributed by atoms with Crippen LogP contribution in [-0.2, 0) is 10.8 Å². The Hall–Kier alpha value is -5.55. The lowest BCUT2D eigenvalue weighted by Gasteiger charge is -2.39. The lowest BCUT2D eigenvalue weighted by Crippen LogP contribution is -2.32. The van der Waals surface area contributed by atoms with Crippen molar-refractivity contribution in [2.24, 2.45) is 0 Å². The van der Waals surface area contributed by atoms with Gasteiger partial charge in [-0.05, 0) is 76.7 Å². The third kappa shape index (κ3) is 4.27. The number of nitrogens with zero attached hydrogens (tertiary/aromatic N) is 4. The Balaban J connectivity index is 1.14. The standard InChI is InChI=1S/C43H38N4O/c1-42(2,3)28-22-23-44-40(24-28)47-36-16-10-9-14-32(36)33-20-18-30(25-38(33)47)48-31-19-21-34-39(26-31)46-27-45(29-12-7-6-8-13-29)37-17-11-15-35(41(37)46)43(34,4)5/h6-26H,27H2,1-5H3. The van der Waals surface area contributed by atoms with Crippen molar-refractivity contribution in [1.82, 2.24) is 9.55 Å². The van der Waals surface area contributed by atoms with Gasteiger partial charge in [0.05, 0.1) is 28.1 Å². The third-order valence-corrected chi connectivity index (χ3v) is 10.3. The third-order valence-electron chi connectivity index (χ3n) is 10.3. The zero-order valence-electron chi connectivity index (χ0n) is 28.0. The summed E-state index contributed by atoms with van der Waals surface area (Å²) in [5.41, 5.74) is 10.9. The molecule has 0 fully saturated rings. The number of hydrogen-bond donors (Lipinski definition) is 0. The van der Waals surface area contributed by atoms with E-state index in [1.54, 1.807) is 0 Å². The molecule has 2 aliphatic heterocycles. The number of fused-ring (bicyclic) bond motifs is 5. The highest BCUT2D eigenvalue weighted by Crippen LogP contribution is 2.56. The molecule has 2 aliphatic rings. The fourth-order valence-corrected chi connectivity index (χ4v) is 7.73. The summed E-state index contributed by atoms with van der Waals surface area (Å²) >= 11 is 0. The van der Waals surface area contributed by atoms with Crippen molar-refractivity contribution in [2.45, 2.75) is 45.4 Å². The van der Waals surface area contributed by atoms with Crippen molar-refractivity contribution < 1.29 is 4.74 Å². The molecule has 2 aromatic heterocycles. The molecule has 7 aromatic rings. The van der Waals surface area contributed by atoms with Crippen LogP contribution in [0.1, 0.15) is 51.3 Å². The van der Waals surface area contributed by atoms with Crippen LogP contribution in [0.5, 0.6) is 11.5 Å². The number of para-hydroxylation sites is 3. The summed E-state index contributed by atoms with van der Waals surface area (Å²) in [4.78, 5) is 9.72. The quantitative estimate of drug-likeness (QED) is 0.195. The van der Waals surface area contributed by atoms with E-state index >= 15 is 0 Å². The lowest BCUT2D eigenvalue weighted by atomic mass is 9.73. The second kappa shape index (κ2) is 10.2. The minimum Gasteiger partial charge on any atom is -0.457 e. The van der Waals surface area contributed by atoms with Crippen LogP contribution in [0.3, 0.4) is 0 Å². The molecular weight excluding hydrogens is 589 g/mol. The first-order valence-electron chi connectivity index (χ1n) is 16.7. The molecule has 9 rings (SSSR count). The smallest absolute Gasteiger partial charge is 0.137 e. The first-order valence-corrected chi connectivity index (χ1v) is 16.7. The minimum atomic E-state index is -0.156. The Morgan fingerprint density at radius 1 is 0.646 bits per heavy atom. The molecule has 0 N–H and O–H groups in total. The maximum Gasteiger partial charge on any atom is 0.137 e. The first-order chi connectivity index (χ1) is 23.2. The van der Waals surface area contributed by atoms with Crippen molar-refractivity contribution in [1.29, 1.82) is 0 Å². The Labute approximate surface area is 281 Å². The van der Waals surface area contributed by atoms with E-state index < -0.39 is 0 Å². The van der Waals surface area contributed by atoms with Gasteiger partial charge in [-0.15, -0.1) is 0 Å². The molecule has 0 bridgehead atoms. The van der Waals surface area contributed by atoms with Crippen molar-refractivity contribution in [3.63, 3.8) is 0 Å². The molecule has 5 heteroatoms. The van der Waals surface area contributed by atoms with Gasteiger partial charge in [0, 0.05) is 40.2 Å². The fraction of sp³-hybridized carbons (Fsp3) is 0.186. The van der Waals surface area contributed by atoms with E-state index in [0.29, 0.717) is 0 Å². The van der Waals surface area contributed by atoms with Crippen LogP contribution < -0.4 is 14.5 Å². The molecule has 0 saturated heterocycles. The van der Waals surface area contributed by atoms with Crippen LogP contribution >= 0.6 is 0 Å². The van der Waals surface area contributed by atoms with Gasteiger partial charge in [-0.3, -0.25) is 4.57 Å². The van der Waals surface area contributed by atoms with Crippen molar-refractivity contribution in [3.05, 3.63) is 144 Å². The van der Waals surface area contributed by atoms with Gasteiger partial charge in [-0.1, -0.05) is 89.2 Å². The highest BCUT2D eigenvalue weighted by Gasteiger charge is 2.42. The number of aromatic nitrogens is 2. The van der Waals surface area contributed by atoms with E-state index in [4.69, 9.17) is 9.72 Å². The van der Waals surface area contributed by atoms with E-state index in [0.717, 1.165) is 35.0 Å². The van der Waals surface area contributed by atoms with Crippen LogP contribution in [-0.4, -0.2) is 16.2 Å². The summed E-state index contributed by atoms with van der Waals surface area (Å²) in [6.07, 6.45) is 1.92. The first kappa shape index (κ1) is 28.7. The predicted octanol–water partition coefficient (Wildman–Crippen LogP) is 11.2. The fourth-order valence-electron chi connectivity index (χ4n) is 7.73. The molecule has 236 valence electrons. The summed E-state index contributed by atoms with van der Waals surface area (Å²) in [6, 6.07) is 43.3. The average molecular weight is 627 g/mol. The van der Waals surface area contributed by atoms with E-state index in [9.17, 15) is 0 Å². The van der Waals surface area contributed by atoms with Gasteiger partial charge in [-0.2, -0.15) is 0 Å². The van der Waals surface area contributed by atoms with Gasteiger partial charge in [0.15, 0.2) is 0 Å². The van der Waals surface area contributed by atoms with Crippen LogP contribution in [0.2, 0.25) is 0 Å². The summed E-state index contributed by atoms with van der Waals surface area (Å²) in [7, 11) is 0. The Morgan fingerprint density at radius 2 is 1.40 bits per heavy atom. The molecule has 5 aromatic carbocycles. The number of benzene rings is 5. The highest BCUT2D eigenvalue weighted by molar-refractivity contribution is 6.09. The minimum absolute atomic E-state index is 0.0144. The average Bonchev–Trinajstić information content (AvgIpc) is 3.64. The van der Waals surface area contributed by atoms with Crippen LogP contribution in [0, 0.1) is 0 Å². The zero-order chi connectivity index (χ0) is 32.8. The Kier molecular flexibility index (Phi) is 6.10. The largest absolute Gasteiger partial charge is 0.457 e. The summed E-state index contributed by atoms with van der Waals surface area (Å²) < 4.78 is 8.99.